The third-order valence-corrected chi connectivity index (χ3v) is 9.37. The van der Waals surface area contributed by atoms with E-state index >= 15 is 0 Å². The van der Waals surface area contributed by atoms with Gasteiger partial charge >= 0.3 is 0 Å². The average molecular weight is 502 g/mol. The molecule has 0 bridgehead atoms. The number of aryl methyl sites for hydroxylation is 1. The van der Waals surface area contributed by atoms with Gasteiger partial charge in [0, 0.05) is 25.2 Å². The fourth-order valence-corrected chi connectivity index (χ4v) is 6.93. The molecule has 1 aliphatic rings. The van der Waals surface area contributed by atoms with Gasteiger partial charge in [0.15, 0.2) is 4.80 Å². The molecule has 34 heavy (non-hydrogen) atoms. The zero-order chi connectivity index (χ0) is 24.3. The first-order valence-corrected chi connectivity index (χ1v) is 14.0. The Morgan fingerprint density at radius 2 is 1.85 bits per heavy atom. The lowest BCUT2D eigenvalue weighted by Crippen LogP contribution is -2.38. The van der Waals surface area contributed by atoms with E-state index in [1.807, 2.05) is 22.8 Å². The number of fused-ring (bicyclic) bond motifs is 1. The number of methoxy groups -OCH3 is 1. The lowest BCUT2D eigenvalue weighted by Gasteiger charge is -2.30. The van der Waals surface area contributed by atoms with Gasteiger partial charge < -0.3 is 9.30 Å². The van der Waals surface area contributed by atoms with Gasteiger partial charge in [0.1, 0.15) is 5.75 Å². The summed E-state index contributed by atoms with van der Waals surface area (Å²) in [5.74, 6) is 0.359. The van der Waals surface area contributed by atoms with Crippen LogP contribution in [0, 0.1) is 0 Å². The Labute approximate surface area is 204 Å². The molecule has 0 saturated heterocycles. The molecule has 1 fully saturated rings. The fraction of sp³-hybridized carbons (Fsp3) is 0.440. The van der Waals surface area contributed by atoms with Crippen LogP contribution in [0.5, 0.6) is 5.75 Å². The Kier molecular flexibility index (Phi) is 7.54. The lowest BCUT2D eigenvalue weighted by atomic mass is 9.96. The van der Waals surface area contributed by atoms with E-state index in [0.717, 1.165) is 61.0 Å². The van der Waals surface area contributed by atoms with Gasteiger partial charge in [-0.15, -0.1) is 0 Å². The van der Waals surface area contributed by atoms with Crippen LogP contribution in [-0.2, 0) is 16.6 Å². The smallest absolute Gasteiger partial charge is 0.279 e. The van der Waals surface area contributed by atoms with Crippen LogP contribution in [0.3, 0.4) is 0 Å². The number of carbonyl (C=O) groups excluding carboxylic acids is 1. The van der Waals surface area contributed by atoms with Crippen molar-refractivity contribution in [3.8, 4) is 5.75 Å². The number of hydrogen-bond donors (Lipinski definition) is 0. The van der Waals surface area contributed by atoms with Gasteiger partial charge in [-0.25, -0.2) is 8.42 Å². The van der Waals surface area contributed by atoms with Gasteiger partial charge in [-0.2, -0.15) is 9.30 Å². The third-order valence-electron chi connectivity index (χ3n) is 6.40. The summed E-state index contributed by atoms with van der Waals surface area (Å²) >= 11 is 1.44. The van der Waals surface area contributed by atoms with E-state index in [9.17, 15) is 13.2 Å². The summed E-state index contributed by atoms with van der Waals surface area (Å²) < 4.78 is 36.0. The van der Waals surface area contributed by atoms with Crippen molar-refractivity contribution in [1.29, 1.82) is 0 Å². The number of nitrogens with zero attached hydrogens (tertiary/aromatic N) is 3. The highest BCUT2D eigenvalue weighted by Gasteiger charge is 2.29. The van der Waals surface area contributed by atoms with Crippen LogP contribution < -0.4 is 9.54 Å². The summed E-state index contributed by atoms with van der Waals surface area (Å²) in [6.45, 7) is 2.82. The van der Waals surface area contributed by atoms with Gasteiger partial charge in [-0.05, 0) is 61.7 Å². The highest BCUT2D eigenvalue weighted by atomic mass is 32.2. The van der Waals surface area contributed by atoms with E-state index in [1.54, 1.807) is 26.3 Å². The van der Waals surface area contributed by atoms with Gasteiger partial charge in [-0.3, -0.25) is 4.79 Å². The maximum Gasteiger partial charge on any atom is 0.279 e. The molecule has 1 heterocycles. The van der Waals surface area contributed by atoms with Crippen LogP contribution in [-0.4, -0.2) is 43.4 Å². The number of thiazole rings is 1. The van der Waals surface area contributed by atoms with Crippen molar-refractivity contribution in [2.45, 2.75) is 62.9 Å². The minimum absolute atomic E-state index is 0.0376. The third kappa shape index (κ3) is 4.96. The molecule has 182 valence electrons. The molecule has 0 atom stereocenters. The number of amides is 1. The first-order chi connectivity index (χ1) is 16.3. The second-order valence-electron chi connectivity index (χ2n) is 8.62. The fourth-order valence-electron chi connectivity index (χ4n) is 4.43. The van der Waals surface area contributed by atoms with Crippen molar-refractivity contribution in [3.05, 3.63) is 52.8 Å². The van der Waals surface area contributed by atoms with Crippen LogP contribution in [0.25, 0.3) is 10.2 Å². The molecular formula is C25H31N3O4S2. The van der Waals surface area contributed by atoms with Crippen LogP contribution in [0.1, 0.15) is 55.8 Å². The molecule has 1 saturated carbocycles. The number of ether oxygens (including phenoxy) is 1. The largest absolute Gasteiger partial charge is 0.497 e. The molecular weight excluding hydrogens is 470 g/mol. The summed E-state index contributed by atoms with van der Waals surface area (Å²) in [5, 5.41) is 0. The monoisotopic (exact) mass is 501 g/mol. The summed E-state index contributed by atoms with van der Waals surface area (Å²) in [4.78, 5) is 18.2. The molecule has 9 heteroatoms. The van der Waals surface area contributed by atoms with Crippen LogP contribution in [0.4, 0.5) is 0 Å². The van der Waals surface area contributed by atoms with Crippen molar-refractivity contribution < 1.29 is 17.9 Å². The maximum atomic E-state index is 13.1. The standard InChI is InChI=1S/C25H31N3O4S2/c1-4-16-28-22-15-12-20(32-3)17-23(22)33-25(28)26-24(29)18-10-13-21(14-11-18)34(30,31)27(2)19-8-6-5-7-9-19/h10-15,17,19H,4-9,16H2,1-3H3. The molecule has 3 aromatic rings. The molecule has 2 aromatic carbocycles. The van der Waals surface area contributed by atoms with Gasteiger partial charge in [0.25, 0.3) is 5.91 Å². The Morgan fingerprint density at radius 3 is 2.50 bits per heavy atom. The van der Waals surface area contributed by atoms with Gasteiger partial charge in [-0.1, -0.05) is 37.5 Å². The topological polar surface area (TPSA) is 81.0 Å². The molecule has 0 spiro atoms. The second-order valence-corrected chi connectivity index (χ2v) is 11.6. The number of benzene rings is 2. The van der Waals surface area contributed by atoms with Crippen molar-refractivity contribution in [3.63, 3.8) is 0 Å². The minimum Gasteiger partial charge on any atom is -0.497 e. The van der Waals surface area contributed by atoms with Crippen molar-refractivity contribution >= 4 is 37.5 Å². The molecule has 1 aromatic heterocycles. The van der Waals surface area contributed by atoms with Crippen LogP contribution in [0.15, 0.2) is 52.4 Å². The van der Waals surface area contributed by atoms with Crippen molar-refractivity contribution in [2.24, 2.45) is 4.99 Å². The number of aromatic nitrogens is 1. The molecule has 7 nitrogen and oxygen atoms in total. The Bertz CT molecular complexity index is 1330. The molecule has 0 N–H and O–H groups in total. The quantitative estimate of drug-likeness (QED) is 0.465. The molecule has 1 amide bonds. The summed E-state index contributed by atoms with van der Waals surface area (Å²) in [6, 6.07) is 12.0. The van der Waals surface area contributed by atoms with E-state index in [0.29, 0.717) is 10.4 Å². The Morgan fingerprint density at radius 1 is 1.15 bits per heavy atom. The van der Waals surface area contributed by atoms with E-state index in [1.165, 1.54) is 27.8 Å². The Balaban J connectivity index is 1.62. The summed E-state index contributed by atoms with van der Waals surface area (Å²) in [5.41, 5.74) is 1.36. The van der Waals surface area contributed by atoms with Crippen LogP contribution in [0.2, 0.25) is 0 Å². The van der Waals surface area contributed by atoms with E-state index in [-0.39, 0.29) is 10.9 Å². The molecule has 4 rings (SSSR count). The van der Waals surface area contributed by atoms with Gasteiger partial charge in [0.05, 0.1) is 22.2 Å². The van der Waals surface area contributed by atoms with Crippen molar-refractivity contribution in [2.75, 3.05) is 14.2 Å². The minimum atomic E-state index is -3.60. The normalized spacial score (nSPS) is 15.8. The van der Waals surface area contributed by atoms with E-state index < -0.39 is 15.9 Å². The summed E-state index contributed by atoms with van der Waals surface area (Å²) in [7, 11) is -0.320. The Hall–Kier alpha value is -2.49. The molecule has 0 radical (unpaired) electrons. The predicted octanol–water partition coefficient (Wildman–Crippen LogP) is 4.82. The zero-order valence-electron chi connectivity index (χ0n) is 19.9. The maximum absolute atomic E-state index is 13.1. The summed E-state index contributed by atoms with van der Waals surface area (Å²) in [6.07, 6.45) is 5.97. The lowest BCUT2D eigenvalue weighted by molar-refractivity contribution is 0.0997. The molecule has 0 unspecified atom stereocenters. The second kappa shape index (κ2) is 10.4. The first-order valence-electron chi connectivity index (χ1n) is 11.7. The number of sulfonamides is 1. The zero-order valence-corrected chi connectivity index (χ0v) is 21.5. The number of carbonyl (C=O) groups is 1. The van der Waals surface area contributed by atoms with Crippen molar-refractivity contribution in [1.82, 2.24) is 8.87 Å². The van der Waals surface area contributed by atoms with Gasteiger partial charge in [0.2, 0.25) is 10.0 Å². The number of rotatable bonds is 7. The highest BCUT2D eigenvalue weighted by molar-refractivity contribution is 7.89. The number of hydrogen-bond acceptors (Lipinski definition) is 5. The first kappa shape index (κ1) is 24.6. The molecule has 1 aliphatic carbocycles. The predicted molar refractivity (Wildman–Crippen MR) is 135 cm³/mol. The van der Waals surface area contributed by atoms with E-state index in [4.69, 9.17) is 4.74 Å². The highest BCUT2D eigenvalue weighted by Crippen LogP contribution is 2.27. The van der Waals surface area contributed by atoms with Crippen LogP contribution >= 0.6 is 11.3 Å². The SMILES string of the molecule is CCCn1c(=NC(=O)c2ccc(S(=O)(=O)N(C)C3CCCCC3)cc2)sc2cc(OC)ccc21. The molecule has 0 aliphatic heterocycles. The van der Waals surface area contributed by atoms with E-state index in [2.05, 4.69) is 11.9 Å². The average Bonchev–Trinajstić information content (AvgIpc) is 3.20.